The molecule has 0 bridgehead atoms. The maximum absolute atomic E-state index is 12.7. The van der Waals surface area contributed by atoms with E-state index in [0.29, 0.717) is 21.5 Å². The van der Waals surface area contributed by atoms with Crippen LogP contribution in [0.25, 0.3) is 6.08 Å². The quantitative estimate of drug-likeness (QED) is 0.498. The lowest BCUT2D eigenvalue weighted by Crippen LogP contribution is -2.18. The largest absolute Gasteiger partial charge is 0.459 e. The van der Waals surface area contributed by atoms with Crippen LogP contribution in [-0.2, 0) is 22.4 Å². The van der Waals surface area contributed by atoms with Gasteiger partial charge in [0.25, 0.3) is 0 Å². The van der Waals surface area contributed by atoms with Crippen molar-refractivity contribution in [2.75, 3.05) is 5.32 Å². The number of rotatable bonds is 5. The van der Waals surface area contributed by atoms with Gasteiger partial charge in [0.05, 0.1) is 11.7 Å². The summed E-state index contributed by atoms with van der Waals surface area (Å²) in [5.41, 5.74) is 2.30. The molecule has 1 aliphatic carbocycles. The standard InChI is InChI=1S/C22H24ClNO3S/c1-13(2)27-22(26)20-16-10-8-14(3)12-18(16)28-21(20)24-19(25)11-9-15-6-4-5-7-17(15)23/h4-7,9,11,13-14H,8,10,12H2,1-3H3,(H,24,25). The van der Waals surface area contributed by atoms with Crippen LogP contribution in [0.5, 0.6) is 0 Å². The van der Waals surface area contributed by atoms with Crippen molar-refractivity contribution >= 4 is 45.9 Å². The molecule has 4 nitrogen and oxygen atoms in total. The molecule has 1 heterocycles. The minimum Gasteiger partial charge on any atom is -0.459 e. The summed E-state index contributed by atoms with van der Waals surface area (Å²) in [5, 5.41) is 4.02. The van der Waals surface area contributed by atoms with Crippen LogP contribution in [0.15, 0.2) is 30.3 Å². The van der Waals surface area contributed by atoms with E-state index in [-0.39, 0.29) is 18.0 Å². The van der Waals surface area contributed by atoms with E-state index in [1.54, 1.807) is 12.1 Å². The lowest BCUT2D eigenvalue weighted by Gasteiger charge is -2.18. The van der Waals surface area contributed by atoms with E-state index in [2.05, 4.69) is 12.2 Å². The Morgan fingerprint density at radius 1 is 1.32 bits per heavy atom. The number of hydrogen-bond donors (Lipinski definition) is 1. The van der Waals surface area contributed by atoms with Gasteiger partial charge in [0, 0.05) is 16.0 Å². The van der Waals surface area contributed by atoms with Crippen LogP contribution in [0.3, 0.4) is 0 Å². The number of esters is 1. The van der Waals surface area contributed by atoms with Crippen LogP contribution in [0, 0.1) is 5.92 Å². The maximum Gasteiger partial charge on any atom is 0.341 e. The number of ether oxygens (including phenoxy) is 1. The first-order chi connectivity index (χ1) is 13.3. The zero-order chi connectivity index (χ0) is 20.3. The van der Waals surface area contributed by atoms with E-state index in [1.807, 2.05) is 32.0 Å². The summed E-state index contributed by atoms with van der Waals surface area (Å²) < 4.78 is 5.44. The Morgan fingerprint density at radius 2 is 2.07 bits per heavy atom. The van der Waals surface area contributed by atoms with Gasteiger partial charge in [-0.1, -0.05) is 36.7 Å². The van der Waals surface area contributed by atoms with E-state index in [4.69, 9.17) is 16.3 Å². The number of benzene rings is 1. The highest BCUT2D eigenvalue weighted by atomic mass is 35.5. The molecule has 3 rings (SSSR count). The molecule has 0 saturated heterocycles. The third-order valence-corrected chi connectivity index (χ3v) is 6.13. The second-order valence-electron chi connectivity index (χ2n) is 7.35. The molecule has 2 aromatic rings. The van der Waals surface area contributed by atoms with Gasteiger partial charge in [0.15, 0.2) is 0 Å². The molecule has 1 aromatic carbocycles. The van der Waals surface area contributed by atoms with Crippen LogP contribution < -0.4 is 5.32 Å². The van der Waals surface area contributed by atoms with Gasteiger partial charge in [-0.3, -0.25) is 4.79 Å². The number of carbonyl (C=O) groups excluding carboxylic acids is 2. The van der Waals surface area contributed by atoms with Crippen LogP contribution in [0.4, 0.5) is 5.00 Å². The topological polar surface area (TPSA) is 55.4 Å². The van der Waals surface area contributed by atoms with E-state index >= 15 is 0 Å². The molecule has 1 N–H and O–H groups in total. The first-order valence-electron chi connectivity index (χ1n) is 9.44. The number of fused-ring (bicyclic) bond motifs is 1. The Labute approximate surface area is 174 Å². The van der Waals surface area contributed by atoms with Crippen molar-refractivity contribution in [3.05, 3.63) is 56.9 Å². The van der Waals surface area contributed by atoms with Crippen molar-refractivity contribution in [3.63, 3.8) is 0 Å². The maximum atomic E-state index is 12.7. The summed E-state index contributed by atoms with van der Waals surface area (Å²) in [6.45, 7) is 5.85. The zero-order valence-corrected chi connectivity index (χ0v) is 17.8. The fourth-order valence-electron chi connectivity index (χ4n) is 3.26. The van der Waals surface area contributed by atoms with Gasteiger partial charge in [-0.15, -0.1) is 11.3 Å². The minimum absolute atomic E-state index is 0.214. The van der Waals surface area contributed by atoms with Gasteiger partial charge in [-0.05, 0) is 62.3 Å². The molecule has 0 aliphatic heterocycles. The smallest absolute Gasteiger partial charge is 0.341 e. The minimum atomic E-state index is -0.368. The van der Waals surface area contributed by atoms with Crippen molar-refractivity contribution in [2.45, 2.75) is 46.1 Å². The number of anilines is 1. The number of carbonyl (C=O) groups is 2. The molecule has 1 aliphatic rings. The highest BCUT2D eigenvalue weighted by Crippen LogP contribution is 2.40. The lowest BCUT2D eigenvalue weighted by molar-refractivity contribution is -0.111. The van der Waals surface area contributed by atoms with Gasteiger partial charge in [-0.2, -0.15) is 0 Å². The summed E-state index contributed by atoms with van der Waals surface area (Å²) in [7, 11) is 0. The van der Waals surface area contributed by atoms with Crippen molar-refractivity contribution in [1.82, 2.24) is 0 Å². The van der Waals surface area contributed by atoms with Gasteiger partial charge in [0.1, 0.15) is 5.00 Å². The predicted molar refractivity (Wildman–Crippen MR) is 115 cm³/mol. The third kappa shape index (κ3) is 4.83. The van der Waals surface area contributed by atoms with Crippen molar-refractivity contribution in [3.8, 4) is 0 Å². The second-order valence-corrected chi connectivity index (χ2v) is 8.87. The third-order valence-electron chi connectivity index (χ3n) is 4.61. The van der Waals surface area contributed by atoms with Crippen LogP contribution in [-0.4, -0.2) is 18.0 Å². The van der Waals surface area contributed by atoms with Crippen molar-refractivity contribution in [1.29, 1.82) is 0 Å². The fourth-order valence-corrected chi connectivity index (χ4v) is 4.86. The fraction of sp³-hybridized carbons (Fsp3) is 0.364. The first kappa shape index (κ1) is 20.6. The summed E-state index contributed by atoms with van der Waals surface area (Å²) in [6, 6.07) is 7.30. The molecule has 0 saturated carbocycles. The summed E-state index contributed by atoms with van der Waals surface area (Å²) in [6.07, 6.45) is 5.67. The molecule has 1 atom stereocenters. The monoisotopic (exact) mass is 417 g/mol. The van der Waals surface area contributed by atoms with Crippen molar-refractivity contribution < 1.29 is 14.3 Å². The number of amides is 1. The Kier molecular flexibility index (Phi) is 6.57. The second kappa shape index (κ2) is 8.93. The van der Waals surface area contributed by atoms with E-state index < -0.39 is 0 Å². The number of nitrogens with one attached hydrogen (secondary N) is 1. The molecule has 28 heavy (non-hydrogen) atoms. The van der Waals surface area contributed by atoms with E-state index in [1.165, 1.54) is 22.3 Å². The van der Waals surface area contributed by atoms with Gasteiger partial charge in [0.2, 0.25) is 5.91 Å². The molecule has 1 aromatic heterocycles. The SMILES string of the molecule is CC1CCc2c(sc(NC(=O)C=Cc3ccccc3Cl)c2C(=O)OC(C)C)C1. The van der Waals surface area contributed by atoms with E-state index in [9.17, 15) is 9.59 Å². The highest BCUT2D eigenvalue weighted by molar-refractivity contribution is 7.17. The molecular formula is C22H24ClNO3S. The molecule has 0 fully saturated rings. The molecule has 1 amide bonds. The highest BCUT2D eigenvalue weighted by Gasteiger charge is 2.29. The summed E-state index contributed by atoms with van der Waals surface area (Å²) in [4.78, 5) is 26.3. The Balaban J connectivity index is 1.85. The Morgan fingerprint density at radius 3 is 2.79 bits per heavy atom. The van der Waals surface area contributed by atoms with Crippen LogP contribution in [0.1, 0.15) is 53.6 Å². The summed E-state index contributed by atoms with van der Waals surface area (Å²) >= 11 is 7.60. The molecule has 1 unspecified atom stereocenters. The van der Waals surface area contributed by atoms with Crippen molar-refractivity contribution in [2.24, 2.45) is 5.92 Å². The molecule has 148 valence electrons. The number of halogens is 1. The van der Waals surface area contributed by atoms with Gasteiger partial charge < -0.3 is 10.1 Å². The molecule has 6 heteroatoms. The first-order valence-corrected chi connectivity index (χ1v) is 10.6. The summed E-state index contributed by atoms with van der Waals surface area (Å²) in [5.74, 6) is -0.0959. The molecule has 0 spiro atoms. The predicted octanol–water partition coefficient (Wildman–Crippen LogP) is 5.74. The van der Waals surface area contributed by atoms with Crippen LogP contribution in [0.2, 0.25) is 5.02 Å². The molecule has 0 radical (unpaired) electrons. The Hall–Kier alpha value is -2.11. The molecular weight excluding hydrogens is 394 g/mol. The zero-order valence-electron chi connectivity index (χ0n) is 16.3. The average molecular weight is 418 g/mol. The van der Waals surface area contributed by atoms with Gasteiger partial charge in [-0.25, -0.2) is 4.79 Å². The normalized spacial score (nSPS) is 16.2. The number of thiophene rings is 1. The number of hydrogen-bond acceptors (Lipinski definition) is 4. The van der Waals surface area contributed by atoms with E-state index in [0.717, 1.165) is 30.4 Å². The average Bonchev–Trinajstić information content (AvgIpc) is 2.97. The lowest BCUT2D eigenvalue weighted by atomic mass is 9.88. The van der Waals surface area contributed by atoms with Crippen LogP contribution >= 0.6 is 22.9 Å². The Bertz CT molecular complexity index is 917. The van der Waals surface area contributed by atoms with Gasteiger partial charge >= 0.3 is 5.97 Å².